The van der Waals surface area contributed by atoms with Gasteiger partial charge in [0.25, 0.3) is 0 Å². The van der Waals surface area contributed by atoms with Crippen LogP contribution >= 0.6 is 0 Å². The Hall–Kier alpha value is -1.82. The SMILES string of the molecule is Cc1cc(C)c(C)c(-c2cccc3c2C=CC3)c1C. The van der Waals surface area contributed by atoms with Crippen LogP contribution in [-0.4, -0.2) is 0 Å². The zero-order valence-electron chi connectivity index (χ0n) is 12.2. The quantitative estimate of drug-likeness (QED) is 0.654. The lowest BCUT2D eigenvalue weighted by atomic mass is 9.87. The molecule has 0 atom stereocenters. The molecule has 0 saturated carbocycles. The summed E-state index contributed by atoms with van der Waals surface area (Å²) in [6.45, 7) is 8.92. The minimum Gasteiger partial charge on any atom is -0.0795 e. The molecule has 96 valence electrons. The van der Waals surface area contributed by atoms with Crippen molar-refractivity contribution in [1.29, 1.82) is 0 Å². The Kier molecular flexibility index (Phi) is 2.82. The molecule has 3 rings (SSSR count). The van der Waals surface area contributed by atoms with Crippen LogP contribution < -0.4 is 0 Å². The zero-order valence-corrected chi connectivity index (χ0v) is 12.2. The molecular weight excluding hydrogens is 228 g/mol. The second-order valence-electron chi connectivity index (χ2n) is 5.62. The number of aryl methyl sites for hydroxylation is 2. The molecular formula is C19H20. The standard InChI is InChI=1S/C19H20/c1-12-11-13(2)15(4)19(14(12)3)18-10-6-8-16-7-5-9-17(16)18/h5-6,8-11H,7H2,1-4H3. The third kappa shape index (κ3) is 1.83. The highest BCUT2D eigenvalue weighted by Gasteiger charge is 2.16. The molecule has 0 amide bonds. The van der Waals surface area contributed by atoms with Crippen LogP contribution in [0.15, 0.2) is 30.3 Å². The van der Waals surface area contributed by atoms with Crippen LogP contribution in [-0.2, 0) is 6.42 Å². The topological polar surface area (TPSA) is 0 Å². The Morgan fingerprint density at radius 1 is 0.895 bits per heavy atom. The van der Waals surface area contributed by atoms with Gasteiger partial charge in [0.15, 0.2) is 0 Å². The summed E-state index contributed by atoms with van der Waals surface area (Å²) < 4.78 is 0. The van der Waals surface area contributed by atoms with Crippen LogP contribution in [0.25, 0.3) is 17.2 Å². The van der Waals surface area contributed by atoms with Gasteiger partial charge in [0.1, 0.15) is 0 Å². The van der Waals surface area contributed by atoms with Gasteiger partial charge in [-0.25, -0.2) is 0 Å². The Balaban J connectivity index is 2.35. The van der Waals surface area contributed by atoms with Crippen molar-refractivity contribution in [1.82, 2.24) is 0 Å². The van der Waals surface area contributed by atoms with Crippen molar-refractivity contribution in [3.63, 3.8) is 0 Å². The normalized spacial score (nSPS) is 12.8. The second-order valence-corrected chi connectivity index (χ2v) is 5.62. The predicted molar refractivity (Wildman–Crippen MR) is 83.6 cm³/mol. The van der Waals surface area contributed by atoms with Crippen molar-refractivity contribution in [2.45, 2.75) is 34.1 Å². The molecule has 0 N–H and O–H groups in total. The molecule has 0 fully saturated rings. The van der Waals surface area contributed by atoms with E-state index in [4.69, 9.17) is 0 Å². The van der Waals surface area contributed by atoms with Crippen LogP contribution in [0.5, 0.6) is 0 Å². The van der Waals surface area contributed by atoms with E-state index in [2.05, 4.69) is 64.1 Å². The molecule has 1 aliphatic carbocycles. The minimum absolute atomic E-state index is 1.08. The van der Waals surface area contributed by atoms with Gasteiger partial charge in [-0.05, 0) is 78.6 Å². The van der Waals surface area contributed by atoms with Gasteiger partial charge in [0.2, 0.25) is 0 Å². The first kappa shape index (κ1) is 12.2. The molecule has 0 unspecified atom stereocenters. The van der Waals surface area contributed by atoms with Gasteiger partial charge >= 0.3 is 0 Å². The van der Waals surface area contributed by atoms with E-state index in [1.54, 1.807) is 0 Å². The maximum absolute atomic E-state index is 2.30. The Bertz CT molecular complexity index is 661. The third-order valence-electron chi connectivity index (χ3n) is 4.45. The van der Waals surface area contributed by atoms with Crippen molar-refractivity contribution in [3.05, 3.63) is 63.7 Å². The molecule has 19 heavy (non-hydrogen) atoms. The van der Waals surface area contributed by atoms with Crippen LogP contribution in [0.3, 0.4) is 0 Å². The van der Waals surface area contributed by atoms with Gasteiger partial charge in [-0.15, -0.1) is 0 Å². The average molecular weight is 248 g/mol. The van der Waals surface area contributed by atoms with Crippen molar-refractivity contribution in [2.75, 3.05) is 0 Å². The van der Waals surface area contributed by atoms with Gasteiger partial charge in [-0.2, -0.15) is 0 Å². The number of rotatable bonds is 1. The van der Waals surface area contributed by atoms with E-state index in [0.717, 1.165) is 6.42 Å². The summed E-state index contributed by atoms with van der Waals surface area (Å²) in [6.07, 6.45) is 5.62. The first-order valence-electron chi connectivity index (χ1n) is 6.96. The van der Waals surface area contributed by atoms with Crippen molar-refractivity contribution < 1.29 is 0 Å². The Morgan fingerprint density at radius 3 is 2.26 bits per heavy atom. The molecule has 2 aromatic carbocycles. The van der Waals surface area contributed by atoms with Gasteiger partial charge in [0.05, 0.1) is 0 Å². The van der Waals surface area contributed by atoms with Gasteiger partial charge in [0, 0.05) is 0 Å². The summed E-state index contributed by atoms with van der Waals surface area (Å²) in [5, 5.41) is 0. The second kappa shape index (κ2) is 4.38. The number of benzene rings is 2. The Labute approximate surface area is 115 Å². The lowest BCUT2D eigenvalue weighted by Gasteiger charge is -2.18. The minimum atomic E-state index is 1.08. The van der Waals surface area contributed by atoms with Gasteiger partial charge in [-0.1, -0.05) is 36.4 Å². The summed E-state index contributed by atoms with van der Waals surface area (Å²) >= 11 is 0. The molecule has 0 bridgehead atoms. The molecule has 1 aliphatic rings. The van der Waals surface area contributed by atoms with Crippen molar-refractivity contribution in [2.24, 2.45) is 0 Å². The summed E-state index contributed by atoms with van der Waals surface area (Å²) in [6, 6.07) is 9.00. The van der Waals surface area contributed by atoms with Crippen LogP contribution in [0.1, 0.15) is 33.4 Å². The predicted octanol–water partition coefficient (Wildman–Crippen LogP) is 5.16. The fourth-order valence-corrected chi connectivity index (χ4v) is 3.13. The number of allylic oxidation sites excluding steroid dienone is 1. The fraction of sp³-hybridized carbons (Fsp3) is 0.263. The summed E-state index contributed by atoms with van der Waals surface area (Å²) in [5.41, 5.74) is 11.3. The molecule has 0 radical (unpaired) electrons. The molecule has 0 spiro atoms. The van der Waals surface area contributed by atoms with Crippen molar-refractivity contribution in [3.8, 4) is 11.1 Å². The first-order chi connectivity index (χ1) is 9.09. The number of hydrogen-bond donors (Lipinski definition) is 0. The molecule has 0 heteroatoms. The van der Waals surface area contributed by atoms with Gasteiger partial charge in [-0.3, -0.25) is 0 Å². The van der Waals surface area contributed by atoms with E-state index >= 15 is 0 Å². The van der Waals surface area contributed by atoms with Crippen LogP contribution in [0.2, 0.25) is 0 Å². The molecule has 0 aromatic heterocycles. The van der Waals surface area contributed by atoms with E-state index in [9.17, 15) is 0 Å². The lowest BCUT2D eigenvalue weighted by Crippen LogP contribution is -1.97. The third-order valence-corrected chi connectivity index (χ3v) is 4.45. The van der Waals surface area contributed by atoms with Crippen molar-refractivity contribution >= 4 is 6.08 Å². The van der Waals surface area contributed by atoms with Crippen LogP contribution in [0.4, 0.5) is 0 Å². The highest BCUT2D eigenvalue weighted by atomic mass is 14.2. The summed E-state index contributed by atoms with van der Waals surface area (Å²) in [7, 11) is 0. The van der Waals surface area contributed by atoms with E-state index < -0.39 is 0 Å². The first-order valence-corrected chi connectivity index (χ1v) is 6.96. The highest BCUT2D eigenvalue weighted by molar-refractivity contribution is 5.83. The average Bonchev–Trinajstić information content (AvgIpc) is 2.86. The number of fused-ring (bicyclic) bond motifs is 1. The maximum Gasteiger partial charge on any atom is -0.00879 e. The summed E-state index contributed by atoms with van der Waals surface area (Å²) in [4.78, 5) is 0. The number of hydrogen-bond acceptors (Lipinski definition) is 0. The summed E-state index contributed by atoms with van der Waals surface area (Å²) in [5.74, 6) is 0. The van der Waals surface area contributed by atoms with Crippen LogP contribution in [0, 0.1) is 27.7 Å². The molecule has 0 heterocycles. The molecule has 0 aliphatic heterocycles. The van der Waals surface area contributed by atoms with E-state index in [0.29, 0.717) is 0 Å². The van der Waals surface area contributed by atoms with Gasteiger partial charge < -0.3 is 0 Å². The lowest BCUT2D eigenvalue weighted by molar-refractivity contribution is 1.24. The molecule has 2 aromatic rings. The Morgan fingerprint density at radius 2 is 1.58 bits per heavy atom. The fourth-order valence-electron chi connectivity index (χ4n) is 3.13. The van der Waals surface area contributed by atoms with E-state index in [-0.39, 0.29) is 0 Å². The maximum atomic E-state index is 2.30. The van der Waals surface area contributed by atoms with E-state index in [1.165, 1.54) is 44.5 Å². The highest BCUT2D eigenvalue weighted by Crippen LogP contribution is 2.37. The smallest absolute Gasteiger partial charge is 0.00879 e. The van der Waals surface area contributed by atoms with E-state index in [1.807, 2.05) is 0 Å². The largest absolute Gasteiger partial charge is 0.0795 e. The molecule has 0 saturated heterocycles. The molecule has 0 nitrogen and oxygen atoms in total. The monoisotopic (exact) mass is 248 g/mol. The zero-order chi connectivity index (χ0) is 13.6.